The van der Waals surface area contributed by atoms with Gasteiger partial charge in [0.15, 0.2) is 10.9 Å². The van der Waals surface area contributed by atoms with Gasteiger partial charge in [0.05, 0.1) is 12.8 Å². The Morgan fingerprint density at radius 3 is 2.83 bits per heavy atom. The highest BCUT2D eigenvalue weighted by Gasteiger charge is 2.16. The van der Waals surface area contributed by atoms with Gasteiger partial charge in [0.1, 0.15) is 4.88 Å². The summed E-state index contributed by atoms with van der Waals surface area (Å²) in [7, 11) is 3.26. The van der Waals surface area contributed by atoms with E-state index in [1.807, 2.05) is 0 Å². The van der Waals surface area contributed by atoms with Gasteiger partial charge in [-0.1, -0.05) is 11.3 Å². The van der Waals surface area contributed by atoms with Crippen LogP contribution >= 0.6 is 11.3 Å². The molecule has 0 aliphatic heterocycles. The van der Waals surface area contributed by atoms with E-state index in [9.17, 15) is 4.79 Å². The predicted octanol–water partition coefficient (Wildman–Crippen LogP) is 1.03. The van der Waals surface area contributed by atoms with Crippen LogP contribution in [0.15, 0.2) is 6.07 Å². The molecule has 2 aromatic rings. The van der Waals surface area contributed by atoms with Crippen molar-refractivity contribution < 1.29 is 9.53 Å². The lowest BCUT2D eigenvalue weighted by molar-refractivity contribution is 0.102. The number of hydrogen-bond donors (Lipinski definition) is 2. The number of anilines is 2. The fraction of sp³-hybridized carbons (Fsp3) is 0.300. The Labute approximate surface area is 108 Å². The van der Waals surface area contributed by atoms with E-state index in [4.69, 9.17) is 10.5 Å². The smallest absolute Gasteiger partial charge is 0.268 e. The number of nitrogens with one attached hydrogen (secondary N) is 1. The Hall–Kier alpha value is -2.09. The van der Waals surface area contributed by atoms with Crippen molar-refractivity contribution in [2.75, 3.05) is 18.2 Å². The molecule has 3 N–H and O–H groups in total. The molecule has 0 spiro atoms. The number of carbonyl (C=O) groups is 1. The molecule has 8 heteroatoms. The summed E-state index contributed by atoms with van der Waals surface area (Å²) in [6.07, 6.45) is 0. The van der Waals surface area contributed by atoms with E-state index >= 15 is 0 Å². The van der Waals surface area contributed by atoms with Crippen molar-refractivity contribution in [3.8, 4) is 5.88 Å². The maximum atomic E-state index is 12.0. The third-order valence-electron chi connectivity index (χ3n) is 2.31. The number of thiazole rings is 1. The average Bonchev–Trinajstić information content (AvgIpc) is 2.81. The lowest BCUT2D eigenvalue weighted by Gasteiger charge is -1.98. The minimum absolute atomic E-state index is 0.276. The monoisotopic (exact) mass is 267 g/mol. The quantitative estimate of drug-likeness (QED) is 0.866. The van der Waals surface area contributed by atoms with E-state index in [0.29, 0.717) is 27.4 Å². The molecule has 0 saturated carbocycles. The van der Waals surface area contributed by atoms with E-state index in [2.05, 4.69) is 15.4 Å². The van der Waals surface area contributed by atoms with Gasteiger partial charge in [0.25, 0.3) is 5.91 Å². The number of hydrogen-bond acceptors (Lipinski definition) is 6. The van der Waals surface area contributed by atoms with Crippen LogP contribution in [0.1, 0.15) is 15.4 Å². The van der Waals surface area contributed by atoms with Crippen molar-refractivity contribution >= 4 is 28.2 Å². The first kappa shape index (κ1) is 12.4. The molecule has 1 amide bonds. The summed E-state index contributed by atoms with van der Waals surface area (Å²) in [5.41, 5.74) is 6.16. The van der Waals surface area contributed by atoms with Gasteiger partial charge >= 0.3 is 0 Å². The molecule has 0 aliphatic carbocycles. The van der Waals surface area contributed by atoms with Gasteiger partial charge in [0.2, 0.25) is 5.88 Å². The Morgan fingerprint density at radius 1 is 1.61 bits per heavy atom. The van der Waals surface area contributed by atoms with Crippen LogP contribution in [-0.2, 0) is 7.05 Å². The summed E-state index contributed by atoms with van der Waals surface area (Å²) in [6.45, 7) is 1.74. The molecular weight excluding hydrogens is 254 g/mol. The standard InChI is InChI=1S/C10H13N5O2S/c1-5-8(18-10(11)12-5)9(16)13-6-4-7(17-3)15(2)14-6/h4H,1-3H3,(H2,11,12)(H,13,14,16). The third-order valence-corrected chi connectivity index (χ3v) is 3.29. The zero-order valence-corrected chi connectivity index (χ0v) is 11.0. The van der Waals surface area contributed by atoms with Gasteiger partial charge in [-0.05, 0) is 6.92 Å². The van der Waals surface area contributed by atoms with Gasteiger partial charge in [-0.3, -0.25) is 4.79 Å². The maximum absolute atomic E-state index is 12.0. The van der Waals surface area contributed by atoms with Crippen molar-refractivity contribution in [1.29, 1.82) is 0 Å². The number of carbonyl (C=O) groups excluding carboxylic acids is 1. The Balaban J connectivity index is 2.18. The molecule has 0 unspecified atom stereocenters. The molecule has 2 rings (SSSR count). The Bertz CT molecular complexity index is 589. The number of methoxy groups -OCH3 is 1. The van der Waals surface area contributed by atoms with Crippen molar-refractivity contribution in [1.82, 2.24) is 14.8 Å². The zero-order chi connectivity index (χ0) is 13.3. The van der Waals surface area contributed by atoms with Crippen LogP contribution < -0.4 is 15.8 Å². The molecule has 18 heavy (non-hydrogen) atoms. The number of ether oxygens (including phenoxy) is 1. The summed E-state index contributed by atoms with van der Waals surface area (Å²) in [5.74, 6) is 0.707. The molecular formula is C10H13N5O2S. The fourth-order valence-electron chi connectivity index (χ4n) is 1.50. The lowest BCUT2D eigenvalue weighted by atomic mass is 10.4. The first-order chi connectivity index (χ1) is 8.51. The van der Waals surface area contributed by atoms with Crippen LogP contribution in [0, 0.1) is 6.92 Å². The summed E-state index contributed by atoms with van der Waals surface area (Å²) in [5, 5.41) is 7.14. The molecule has 2 heterocycles. The molecule has 96 valence electrons. The first-order valence-corrected chi connectivity index (χ1v) is 5.95. The lowest BCUT2D eigenvalue weighted by Crippen LogP contribution is -2.12. The van der Waals surface area contributed by atoms with Crippen LogP contribution in [0.3, 0.4) is 0 Å². The van der Waals surface area contributed by atoms with E-state index in [1.165, 1.54) is 11.8 Å². The van der Waals surface area contributed by atoms with Crippen LogP contribution in [0.2, 0.25) is 0 Å². The topological polar surface area (TPSA) is 95.1 Å². The van der Waals surface area contributed by atoms with Gasteiger partial charge in [-0.2, -0.15) is 5.10 Å². The second-order valence-corrected chi connectivity index (χ2v) is 4.65. The van der Waals surface area contributed by atoms with Crippen LogP contribution in [0.5, 0.6) is 5.88 Å². The largest absolute Gasteiger partial charge is 0.481 e. The molecule has 2 aromatic heterocycles. The van der Waals surface area contributed by atoms with Gasteiger partial charge in [-0.25, -0.2) is 9.67 Å². The summed E-state index contributed by atoms with van der Waals surface area (Å²) in [4.78, 5) is 16.5. The third kappa shape index (κ3) is 2.28. The number of rotatable bonds is 3. The number of aryl methyl sites for hydroxylation is 2. The SMILES string of the molecule is COc1cc(NC(=O)c2sc(N)nc2C)nn1C. The predicted molar refractivity (Wildman–Crippen MR) is 69.0 cm³/mol. The second-order valence-electron chi connectivity index (χ2n) is 3.62. The summed E-state index contributed by atoms with van der Waals surface area (Å²) >= 11 is 1.15. The second kappa shape index (κ2) is 4.65. The minimum Gasteiger partial charge on any atom is -0.481 e. The number of amides is 1. The molecule has 0 atom stereocenters. The summed E-state index contributed by atoms with van der Waals surface area (Å²) < 4.78 is 6.59. The molecule has 7 nitrogen and oxygen atoms in total. The van der Waals surface area contributed by atoms with E-state index in [-0.39, 0.29) is 5.91 Å². The van der Waals surface area contributed by atoms with Crippen molar-refractivity contribution in [2.24, 2.45) is 7.05 Å². The minimum atomic E-state index is -0.276. The normalized spacial score (nSPS) is 10.4. The number of nitrogens with zero attached hydrogens (tertiary/aromatic N) is 3. The van der Waals surface area contributed by atoms with E-state index in [1.54, 1.807) is 20.0 Å². The fourth-order valence-corrected chi connectivity index (χ4v) is 2.23. The first-order valence-electron chi connectivity index (χ1n) is 5.13. The average molecular weight is 267 g/mol. The highest BCUT2D eigenvalue weighted by molar-refractivity contribution is 7.17. The Morgan fingerprint density at radius 2 is 2.33 bits per heavy atom. The molecule has 0 aromatic carbocycles. The molecule has 0 bridgehead atoms. The number of nitrogen functional groups attached to an aromatic ring is 1. The number of nitrogens with two attached hydrogens (primary N) is 1. The molecule has 0 fully saturated rings. The van der Waals surface area contributed by atoms with Crippen LogP contribution in [-0.4, -0.2) is 27.8 Å². The van der Waals surface area contributed by atoms with Crippen molar-refractivity contribution in [2.45, 2.75) is 6.92 Å². The van der Waals surface area contributed by atoms with Crippen LogP contribution in [0.4, 0.5) is 10.9 Å². The molecule has 0 saturated heterocycles. The maximum Gasteiger partial charge on any atom is 0.268 e. The summed E-state index contributed by atoms with van der Waals surface area (Å²) in [6, 6.07) is 1.64. The van der Waals surface area contributed by atoms with E-state index in [0.717, 1.165) is 11.3 Å². The van der Waals surface area contributed by atoms with Gasteiger partial charge in [-0.15, -0.1) is 0 Å². The van der Waals surface area contributed by atoms with Crippen molar-refractivity contribution in [3.05, 3.63) is 16.6 Å². The zero-order valence-electron chi connectivity index (χ0n) is 10.2. The van der Waals surface area contributed by atoms with Gasteiger partial charge < -0.3 is 15.8 Å². The van der Waals surface area contributed by atoms with Gasteiger partial charge in [0, 0.05) is 13.1 Å². The highest BCUT2D eigenvalue weighted by atomic mass is 32.1. The molecule has 0 radical (unpaired) electrons. The molecule has 0 aliphatic rings. The highest BCUT2D eigenvalue weighted by Crippen LogP contribution is 2.22. The Kier molecular flexibility index (Phi) is 3.19. The number of aromatic nitrogens is 3. The van der Waals surface area contributed by atoms with E-state index < -0.39 is 0 Å². The van der Waals surface area contributed by atoms with Crippen LogP contribution in [0.25, 0.3) is 0 Å². The van der Waals surface area contributed by atoms with Crippen molar-refractivity contribution in [3.63, 3.8) is 0 Å².